The summed E-state index contributed by atoms with van der Waals surface area (Å²) in [7, 11) is 0. The molecule has 3 nitrogen and oxygen atoms in total. The van der Waals surface area contributed by atoms with Crippen LogP contribution in [0.3, 0.4) is 0 Å². The van der Waals surface area contributed by atoms with Gasteiger partial charge >= 0.3 is 0 Å². The Morgan fingerprint density at radius 2 is 2.00 bits per heavy atom. The van der Waals surface area contributed by atoms with Gasteiger partial charge in [-0.3, -0.25) is 4.90 Å². The van der Waals surface area contributed by atoms with E-state index in [-0.39, 0.29) is 0 Å². The molecule has 2 aromatic carbocycles. The summed E-state index contributed by atoms with van der Waals surface area (Å²) in [4.78, 5) is 5.80. The summed E-state index contributed by atoms with van der Waals surface area (Å²) in [5.41, 5.74) is 3.95. The monoisotopic (exact) mass is 304 g/mol. The number of benzene rings is 2. The minimum atomic E-state index is 0.304. The van der Waals surface area contributed by atoms with E-state index in [0.29, 0.717) is 6.04 Å². The third kappa shape index (κ3) is 3.31. The summed E-state index contributed by atoms with van der Waals surface area (Å²) in [6.07, 6.45) is 3.11. The third-order valence-electron chi connectivity index (χ3n) is 4.72. The first-order valence-corrected chi connectivity index (χ1v) is 8.38. The molecule has 1 radical (unpaired) electrons. The maximum atomic E-state index is 4.84. The SMILES string of the molecule is c1ccc(CCN2CC[N]C(c3ccc4[nH]ccc4c3)C2)cc1. The fourth-order valence-electron chi connectivity index (χ4n) is 3.37. The van der Waals surface area contributed by atoms with Gasteiger partial charge in [0.1, 0.15) is 0 Å². The first-order chi connectivity index (χ1) is 11.4. The summed E-state index contributed by atoms with van der Waals surface area (Å²) in [6.45, 7) is 4.16. The van der Waals surface area contributed by atoms with Crippen LogP contribution in [0.15, 0.2) is 60.8 Å². The number of hydrogen-bond acceptors (Lipinski definition) is 1. The quantitative estimate of drug-likeness (QED) is 0.787. The van der Waals surface area contributed by atoms with Gasteiger partial charge in [-0.2, -0.15) is 0 Å². The molecule has 1 unspecified atom stereocenters. The number of piperazine rings is 1. The van der Waals surface area contributed by atoms with Crippen LogP contribution in [0.4, 0.5) is 0 Å². The summed E-state index contributed by atoms with van der Waals surface area (Å²) >= 11 is 0. The molecule has 1 atom stereocenters. The van der Waals surface area contributed by atoms with Crippen molar-refractivity contribution in [1.29, 1.82) is 0 Å². The average molecular weight is 304 g/mol. The molecule has 3 aromatic rings. The first kappa shape index (κ1) is 14.5. The van der Waals surface area contributed by atoms with Crippen LogP contribution in [-0.4, -0.2) is 36.1 Å². The van der Waals surface area contributed by atoms with E-state index < -0.39 is 0 Å². The molecule has 1 saturated heterocycles. The highest BCUT2D eigenvalue weighted by molar-refractivity contribution is 5.80. The zero-order valence-corrected chi connectivity index (χ0v) is 13.3. The Labute approximate surface area is 137 Å². The van der Waals surface area contributed by atoms with E-state index in [4.69, 9.17) is 5.32 Å². The van der Waals surface area contributed by atoms with Crippen molar-refractivity contribution in [3.05, 3.63) is 71.9 Å². The molecule has 0 saturated carbocycles. The lowest BCUT2D eigenvalue weighted by Gasteiger charge is -2.32. The Kier molecular flexibility index (Phi) is 4.14. The number of nitrogens with one attached hydrogen (secondary N) is 1. The van der Waals surface area contributed by atoms with Gasteiger partial charge in [-0.15, -0.1) is 0 Å². The third-order valence-corrected chi connectivity index (χ3v) is 4.72. The van der Waals surface area contributed by atoms with Gasteiger partial charge in [-0.1, -0.05) is 36.4 Å². The predicted octanol–water partition coefficient (Wildman–Crippen LogP) is 3.37. The van der Waals surface area contributed by atoms with Crippen LogP contribution < -0.4 is 5.32 Å². The molecule has 4 rings (SSSR count). The van der Waals surface area contributed by atoms with Gasteiger partial charge < -0.3 is 4.98 Å². The van der Waals surface area contributed by atoms with Crippen molar-refractivity contribution >= 4 is 10.9 Å². The van der Waals surface area contributed by atoms with Crippen molar-refractivity contribution in [3.63, 3.8) is 0 Å². The van der Waals surface area contributed by atoms with E-state index in [1.807, 2.05) is 6.20 Å². The van der Waals surface area contributed by atoms with Crippen LogP contribution >= 0.6 is 0 Å². The Hall–Kier alpha value is -2.10. The van der Waals surface area contributed by atoms with E-state index in [1.54, 1.807) is 0 Å². The maximum absolute atomic E-state index is 4.84. The maximum Gasteiger partial charge on any atom is 0.0623 e. The molecule has 3 heteroatoms. The number of nitrogens with zero attached hydrogens (tertiary/aromatic N) is 2. The predicted molar refractivity (Wildman–Crippen MR) is 94.6 cm³/mol. The highest BCUT2D eigenvalue weighted by atomic mass is 15.2. The molecule has 1 N–H and O–H groups in total. The first-order valence-electron chi connectivity index (χ1n) is 8.38. The average Bonchev–Trinajstić information content (AvgIpc) is 3.09. The molecule has 1 aliphatic rings. The van der Waals surface area contributed by atoms with Crippen molar-refractivity contribution in [3.8, 4) is 0 Å². The fraction of sp³-hybridized carbons (Fsp3) is 0.300. The highest BCUT2D eigenvalue weighted by Crippen LogP contribution is 2.23. The van der Waals surface area contributed by atoms with Crippen molar-refractivity contribution < 1.29 is 0 Å². The van der Waals surface area contributed by atoms with Crippen LogP contribution in [0.2, 0.25) is 0 Å². The highest BCUT2D eigenvalue weighted by Gasteiger charge is 2.21. The van der Waals surface area contributed by atoms with Gasteiger partial charge in [-0.25, -0.2) is 5.32 Å². The molecule has 0 amide bonds. The lowest BCUT2D eigenvalue weighted by Crippen LogP contribution is -2.43. The summed E-state index contributed by atoms with van der Waals surface area (Å²) < 4.78 is 0. The zero-order chi connectivity index (χ0) is 15.5. The molecule has 2 heterocycles. The van der Waals surface area contributed by atoms with E-state index in [1.165, 1.54) is 22.0 Å². The fourth-order valence-corrected chi connectivity index (χ4v) is 3.37. The Balaban J connectivity index is 1.42. The lowest BCUT2D eigenvalue weighted by molar-refractivity contribution is 0.199. The Morgan fingerprint density at radius 1 is 1.09 bits per heavy atom. The van der Waals surface area contributed by atoms with Crippen LogP contribution in [0.1, 0.15) is 17.2 Å². The second-order valence-corrected chi connectivity index (χ2v) is 6.28. The molecule has 0 aliphatic carbocycles. The van der Waals surface area contributed by atoms with E-state index in [9.17, 15) is 0 Å². The topological polar surface area (TPSA) is 33.1 Å². The van der Waals surface area contributed by atoms with Gasteiger partial charge in [0.2, 0.25) is 0 Å². The zero-order valence-electron chi connectivity index (χ0n) is 13.3. The molecule has 0 spiro atoms. The molecular formula is C20H22N3. The van der Waals surface area contributed by atoms with Crippen molar-refractivity contribution in [1.82, 2.24) is 15.2 Å². The van der Waals surface area contributed by atoms with E-state index in [0.717, 1.165) is 32.6 Å². The van der Waals surface area contributed by atoms with Gasteiger partial charge in [0.05, 0.1) is 6.04 Å². The van der Waals surface area contributed by atoms with Crippen LogP contribution in [0.5, 0.6) is 0 Å². The second-order valence-electron chi connectivity index (χ2n) is 6.28. The molecule has 1 fully saturated rings. The Morgan fingerprint density at radius 3 is 2.91 bits per heavy atom. The number of aromatic nitrogens is 1. The van der Waals surface area contributed by atoms with Crippen LogP contribution in [0, 0.1) is 0 Å². The molecule has 1 aliphatic heterocycles. The standard InChI is InChI=1S/C20H22N3/c1-2-4-16(5-3-1)9-12-23-13-11-22-20(15-23)17-6-7-19-18(14-17)8-10-21-19/h1-8,10,14,20-21H,9,11-13,15H2. The lowest BCUT2D eigenvalue weighted by atomic mass is 10.0. The van der Waals surface area contributed by atoms with Crippen LogP contribution in [-0.2, 0) is 6.42 Å². The molecule has 0 bridgehead atoms. The van der Waals surface area contributed by atoms with Gasteiger partial charge in [-0.05, 0) is 41.1 Å². The number of H-pyrrole nitrogens is 1. The van der Waals surface area contributed by atoms with Crippen LogP contribution in [0.25, 0.3) is 10.9 Å². The van der Waals surface area contributed by atoms with Crippen molar-refractivity contribution in [2.45, 2.75) is 12.5 Å². The van der Waals surface area contributed by atoms with Crippen molar-refractivity contribution in [2.75, 3.05) is 26.2 Å². The van der Waals surface area contributed by atoms with Crippen molar-refractivity contribution in [2.24, 2.45) is 0 Å². The Bertz CT molecular complexity index is 763. The van der Waals surface area contributed by atoms with Gasteiger partial charge in [0.25, 0.3) is 0 Å². The number of hydrogen-bond donors (Lipinski definition) is 1. The molecule has 1 aromatic heterocycles. The smallest absolute Gasteiger partial charge is 0.0623 e. The molecule has 23 heavy (non-hydrogen) atoms. The van der Waals surface area contributed by atoms with Gasteiger partial charge in [0.15, 0.2) is 0 Å². The summed E-state index contributed by atoms with van der Waals surface area (Å²) in [5, 5.41) is 6.12. The molecular weight excluding hydrogens is 282 g/mol. The normalized spacial score (nSPS) is 19.2. The minimum absolute atomic E-state index is 0.304. The van der Waals surface area contributed by atoms with E-state index >= 15 is 0 Å². The van der Waals surface area contributed by atoms with E-state index in [2.05, 4.69) is 64.5 Å². The summed E-state index contributed by atoms with van der Waals surface area (Å²) in [5.74, 6) is 0. The molecule has 117 valence electrons. The second kappa shape index (κ2) is 6.57. The minimum Gasteiger partial charge on any atom is -0.361 e. The number of rotatable bonds is 4. The number of aromatic amines is 1. The largest absolute Gasteiger partial charge is 0.361 e. The summed E-state index contributed by atoms with van der Waals surface area (Å²) in [6, 6.07) is 19.9. The number of fused-ring (bicyclic) bond motifs is 1. The van der Waals surface area contributed by atoms with Gasteiger partial charge in [0, 0.05) is 37.9 Å².